The van der Waals surface area contributed by atoms with E-state index in [1.54, 1.807) is 30.2 Å². The summed E-state index contributed by atoms with van der Waals surface area (Å²) in [6.07, 6.45) is 4.90. The maximum atomic E-state index is 6.10. The van der Waals surface area contributed by atoms with Gasteiger partial charge in [-0.05, 0) is 31.6 Å². The number of nitrogens with one attached hydrogen (secondary N) is 1. The van der Waals surface area contributed by atoms with Crippen LogP contribution in [0.25, 0.3) is 10.2 Å². The number of anilines is 1. The first-order valence-electron chi connectivity index (χ1n) is 8.33. The van der Waals surface area contributed by atoms with Crippen molar-refractivity contribution in [1.29, 1.82) is 0 Å². The molecular formula is C17H25N3O2S2. The third kappa shape index (κ3) is 3.54. The van der Waals surface area contributed by atoms with Gasteiger partial charge >= 0.3 is 0 Å². The topological polar surface area (TPSA) is 56.3 Å². The number of aromatic nitrogens is 2. The average molecular weight is 368 g/mol. The molecule has 0 saturated heterocycles. The minimum atomic E-state index is -0.0908. The zero-order valence-corrected chi connectivity index (χ0v) is 16.4. The van der Waals surface area contributed by atoms with E-state index in [0.717, 1.165) is 48.2 Å². The van der Waals surface area contributed by atoms with E-state index in [-0.39, 0.29) is 5.60 Å². The Balaban J connectivity index is 2.00. The second-order valence-electron chi connectivity index (χ2n) is 6.28. The van der Waals surface area contributed by atoms with Crippen LogP contribution in [0.2, 0.25) is 0 Å². The SMILES string of the molecule is CC[C@]1(C)Cc2c(sc3nc(SC)nc(NCCCOC)c23)CO1. The van der Waals surface area contributed by atoms with E-state index in [2.05, 4.69) is 19.2 Å². The van der Waals surface area contributed by atoms with Gasteiger partial charge < -0.3 is 14.8 Å². The Morgan fingerprint density at radius 3 is 2.96 bits per heavy atom. The molecule has 2 aromatic rings. The van der Waals surface area contributed by atoms with Crippen molar-refractivity contribution in [3.8, 4) is 0 Å². The van der Waals surface area contributed by atoms with Gasteiger partial charge in [0.2, 0.25) is 0 Å². The summed E-state index contributed by atoms with van der Waals surface area (Å²) >= 11 is 3.32. The first-order chi connectivity index (χ1) is 11.6. The molecule has 0 saturated carbocycles. The summed E-state index contributed by atoms with van der Waals surface area (Å²) in [5, 5.41) is 5.50. The number of thioether (sulfide) groups is 1. The van der Waals surface area contributed by atoms with Gasteiger partial charge in [-0.25, -0.2) is 9.97 Å². The number of hydrogen-bond acceptors (Lipinski definition) is 7. The Labute approximate surface area is 151 Å². The third-order valence-corrected chi connectivity index (χ3v) is 6.21. The van der Waals surface area contributed by atoms with Crippen LogP contribution in [0.15, 0.2) is 5.16 Å². The molecule has 0 aromatic carbocycles. The first kappa shape index (κ1) is 17.9. The van der Waals surface area contributed by atoms with E-state index in [9.17, 15) is 0 Å². The largest absolute Gasteiger partial charge is 0.385 e. The molecule has 132 valence electrons. The minimum absolute atomic E-state index is 0.0908. The van der Waals surface area contributed by atoms with Crippen LogP contribution in [0.5, 0.6) is 0 Å². The molecule has 0 bridgehead atoms. The van der Waals surface area contributed by atoms with Crippen molar-refractivity contribution in [3.63, 3.8) is 0 Å². The molecule has 0 fully saturated rings. The first-order valence-corrected chi connectivity index (χ1v) is 10.4. The summed E-state index contributed by atoms with van der Waals surface area (Å²) in [4.78, 5) is 11.8. The molecule has 1 N–H and O–H groups in total. The Morgan fingerprint density at radius 2 is 2.25 bits per heavy atom. The van der Waals surface area contributed by atoms with Crippen molar-refractivity contribution in [3.05, 3.63) is 10.4 Å². The highest BCUT2D eigenvalue weighted by Gasteiger charge is 2.33. The molecule has 3 heterocycles. The Hall–Kier alpha value is -0.890. The third-order valence-electron chi connectivity index (χ3n) is 4.56. The quantitative estimate of drug-likeness (QED) is 0.452. The zero-order chi connectivity index (χ0) is 17.2. The fourth-order valence-electron chi connectivity index (χ4n) is 2.92. The fourth-order valence-corrected chi connectivity index (χ4v) is 4.45. The number of methoxy groups -OCH3 is 1. The van der Waals surface area contributed by atoms with Crippen LogP contribution in [0.3, 0.4) is 0 Å². The molecule has 1 atom stereocenters. The van der Waals surface area contributed by atoms with E-state index >= 15 is 0 Å². The average Bonchev–Trinajstić information content (AvgIpc) is 2.96. The van der Waals surface area contributed by atoms with Crippen LogP contribution in [0.4, 0.5) is 5.82 Å². The Morgan fingerprint density at radius 1 is 1.42 bits per heavy atom. The van der Waals surface area contributed by atoms with Crippen molar-refractivity contribution in [2.24, 2.45) is 0 Å². The molecule has 0 aliphatic carbocycles. The summed E-state index contributed by atoms with van der Waals surface area (Å²) in [6, 6.07) is 0. The van der Waals surface area contributed by atoms with Gasteiger partial charge in [0.05, 0.1) is 17.6 Å². The summed E-state index contributed by atoms with van der Waals surface area (Å²) in [7, 11) is 1.73. The zero-order valence-electron chi connectivity index (χ0n) is 14.8. The second-order valence-corrected chi connectivity index (χ2v) is 8.14. The van der Waals surface area contributed by atoms with Gasteiger partial charge in [0.25, 0.3) is 0 Å². The molecular weight excluding hydrogens is 342 g/mol. The lowest BCUT2D eigenvalue weighted by Crippen LogP contribution is -2.34. The van der Waals surface area contributed by atoms with Crippen LogP contribution in [-0.4, -0.2) is 42.1 Å². The smallest absolute Gasteiger partial charge is 0.190 e. The van der Waals surface area contributed by atoms with Crippen molar-refractivity contribution < 1.29 is 9.47 Å². The predicted octanol–water partition coefficient (Wildman–Crippen LogP) is 4.10. The van der Waals surface area contributed by atoms with Crippen LogP contribution < -0.4 is 5.32 Å². The minimum Gasteiger partial charge on any atom is -0.385 e. The van der Waals surface area contributed by atoms with Crippen molar-refractivity contribution in [1.82, 2.24) is 9.97 Å². The number of nitrogens with zero attached hydrogens (tertiary/aromatic N) is 2. The van der Waals surface area contributed by atoms with Gasteiger partial charge in [-0.3, -0.25) is 0 Å². The number of ether oxygens (including phenoxy) is 2. The van der Waals surface area contributed by atoms with Gasteiger partial charge in [0, 0.05) is 31.6 Å². The number of hydrogen-bond donors (Lipinski definition) is 1. The summed E-state index contributed by atoms with van der Waals surface area (Å²) < 4.78 is 11.2. The van der Waals surface area contributed by atoms with Crippen LogP contribution in [0.1, 0.15) is 37.1 Å². The second kappa shape index (κ2) is 7.56. The van der Waals surface area contributed by atoms with E-state index < -0.39 is 0 Å². The Bertz CT molecular complexity index is 719. The van der Waals surface area contributed by atoms with Crippen LogP contribution in [0, 0.1) is 0 Å². The summed E-state index contributed by atoms with van der Waals surface area (Å²) in [5.74, 6) is 0.957. The van der Waals surface area contributed by atoms with Crippen molar-refractivity contribution >= 4 is 39.1 Å². The Kier molecular flexibility index (Phi) is 5.64. The molecule has 0 spiro atoms. The molecule has 2 aromatic heterocycles. The van der Waals surface area contributed by atoms with Gasteiger partial charge in [-0.2, -0.15) is 0 Å². The molecule has 1 aliphatic heterocycles. The van der Waals surface area contributed by atoms with Gasteiger partial charge in [-0.1, -0.05) is 18.7 Å². The number of rotatable bonds is 7. The number of fused-ring (bicyclic) bond motifs is 3. The van der Waals surface area contributed by atoms with Crippen molar-refractivity contribution in [2.75, 3.05) is 31.8 Å². The van der Waals surface area contributed by atoms with E-state index in [0.29, 0.717) is 6.61 Å². The van der Waals surface area contributed by atoms with Gasteiger partial charge in [0.15, 0.2) is 5.16 Å². The summed E-state index contributed by atoms with van der Waals surface area (Å²) in [6.45, 7) is 6.66. The molecule has 24 heavy (non-hydrogen) atoms. The lowest BCUT2D eigenvalue weighted by atomic mass is 9.90. The van der Waals surface area contributed by atoms with Crippen LogP contribution in [-0.2, 0) is 22.5 Å². The molecule has 5 nitrogen and oxygen atoms in total. The molecule has 7 heteroatoms. The standard InChI is InChI=1S/C17H25N3O2S2/c1-5-17(2)9-11-12(10-22-17)24-15-13(11)14(18-7-6-8-21-3)19-16(20-15)23-4/h5-10H2,1-4H3,(H,18,19,20)/t17-/m1/s1. The fraction of sp³-hybridized carbons (Fsp3) is 0.647. The molecule has 0 unspecified atom stereocenters. The lowest BCUT2D eigenvalue weighted by molar-refractivity contribution is -0.0542. The maximum Gasteiger partial charge on any atom is 0.190 e. The normalized spacial score (nSPS) is 20.3. The monoisotopic (exact) mass is 367 g/mol. The number of thiophene rings is 1. The van der Waals surface area contributed by atoms with Gasteiger partial charge in [-0.15, -0.1) is 11.3 Å². The lowest BCUT2D eigenvalue weighted by Gasteiger charge is -2.33. The predicted molar refractivity (Wildman–Crippen MR) is 101 cm³/mol. The van der Waals surface area contributed by atoms with Crippen LogP contribution >= 0.6 is 23.1 Å². The highest BCUT2D eigenvalue weighted by Crippen LogP contribution is 2.42. The van der Waals surface area contributed by atoms with E-state index in [1.165, 1.54) is 15.8 Å². The highest BCUT2D eigenvalue weighted by molar-refractivity contribution is 7.98. The van der Waals surface area contributed by atoms with E-state index in [4.69, 9.17) is 19.4 Å². The molecule has 0 radical (unpaired) electrons. The van der Waals surface area contributed by atoms with Crippen molar-refractivity contribution in [2.45, 2.75) is 50.5 Å². The molecule has 1 aliphatic rings. The van der Waals surface area contributed by atoms with Gasteiger partial charge in [0.1, 0.15) is 10.6 Å². The maximum absolute atomic E-state index is 6.10. The highest BCUT2D eigenvalue weighted by atomic mass is 32.2. The summed E-state index contributed by atoms with van der Waals surface area (Å²) in [5.41, 5.74) is 1.28. The molecule has 3 rings (SSSR count). The van der Waals surface area contributed by atoms with E-state index in [1.807, 2.05) is 6.26 Å². The molecule has 0 amide bonds.